The third-order valence-electron chi connectivity index (χ3n) is 3.23. The smallest absolute Gasteiger partial charge is 0.123 e. The molecule has 1 rings (SSSR count). The van der Waals surface area contributed by atoms with Gasteiger partial charge in [0.05, 0.1) is 32.5 Å². The molecule has 0 aliphatic heterocycles. The summed E-state index contributed by atoms with van der Waals surface area (Å²) in [6.07, 6.45) is 0. The van der Waals surface area contributed by atoms with Crippen LogP contribution in [-0.4, -0.2) is 54.7 Å². The molecule has 0 radical (unpaired) electrons. The largest absolute Gasteiger partial charge is 0.496 e. The topological polar surface area (TPSA) is 62.2 Å². The lowest BCUT2D eigenvalue weighted by Gasteiger charge is -2.44. The van der Waals surface area contributed by atoms with Crippen molar-refractivity contribution in [1.29, 1.82) is 0 Å². The Balaban J connectivity index is 2.89. The molecule has 0 aromatic heterocycles. The van der Waals surface area contributed by atoms with Gasteiger partial charge in [-0.1, -0.05) is 18.2 Å². The van der Waals surface area contributed by atoms with Crippen LogP contribution >= 0.6 is 0 Å². The van der Waals surface area contributed by atoms with E-state index in [1.807, 2.05) is 24.3 Å². The van der Waals surface area contributed by atoms with Crippen LogP contribution < -0.4 is 4.74 Å². The molecule has 5 nitrogen and oxygen atoms in total. The molecule has 0 atom stereocenters. The highest BCUT2D eigenvalue weighted by molar-refractivity contribution is 5.33. The molecule has 0 saturated heterocycles. The van der Waals surface area contributed by atoms with E-state index in [1.54, 1.807) is 12.0 Å². The van der Waals surface area contributed by atoms with Gasteiger partial charge in [0.2, 0.25) is 0 Å². The zero-order chi connectivity index (χ0) is 14.3. The summed E-state index contributed by atoms with van der Waals surface area (Å²) in [5.41, 5.74) is 0.0256. The average Bonchev–Trinajstić information content (AvgIpc) is 2.45. The second-order valence-corrected chi connectivity index (χ2v) is 4.48. The molecule has 1 aromatic rings. The van der Waals surface area contributed by atoms with Crippen molar-refractivity contribution < 1.29 is 19.7 Å². The molecule has 0 heterocycles. The first-order valence-corrected chi connectivity index (χ1v) is 6.04. The molecule has 0 saturated carbocycles. The van der Waals surface area contributed by atoms with Crippen LogP contribution in [0.2, 0.25) is 0 Å². The van der Waals surface area contributed by atoms with Crippen molar-refractivity contribution in [2.24, 2.45) is 0 Å². The third kappa shape index (κ3) is 3.67. The van der Waals surface area contributed by atoms with Crippen LogP contribution in [0.4, 0.5) is 0 Å². The van der Waals surface area contributed by atoms with E-state index < -0.39 is 5.54 Å². The number of nitrogens with zero attached hydrogens (tertiary/aromatic N) is 1. The number of rotatable bonds is 8. The maximum atomic E-state index is 9.53. The predicted octanol–water partition coefficient (Wildman–Crippen LogP) is 0.659. The van der Waals surface area contributed by atoms with Gasteiger partial charge in [-0.25, -0.2) is 0 Å². The fourth-order valence-corrected chi connectivity index (χ4v) is 1.91. The number of hydrogen-bond donors (Lipinski definition) is 2. The monoisotopic (exact) mass is 268 g/mol. The van der Waals surface area contributed by atoms with E-state index in [0.717, 1.165) is 11.3 Å². The van der Waals surface area contributed by atoms with Gasteiger partial charge in [-0.05, 0) is 12.6 Å². The Morgan fingerprint density at radius 1 is 1.21 bits per heavy atom. The van der Waals surface area contributed by atoms with Crippen LogP contribution in [-0.2, 0) is 11.3 Å². The maximum Gasteiger partial charge on any atom is 0.123 e. The van der Waals surface area contributed by atoms with Crippen LogP contribution in [0.15, 0.2) is 24.3 Å². The first-order chi connectivity index (χ1) is 9.13. The first kappa shape index (κ1) is 15.9. The third-order valence-corrected chi connectivity index (χ3v) is 3.23. The van der Waals surface area contributed by atoms with E-state index in [-0.39, 0.29) is 19.8 Å². The van der Waals surface area contributed by atoms with Gasteiger partial charge >= 0.3 is 0 Å². The first-order valence-electron chi connectivity index (χ1n) is 6.04. The number of ether oxygens (including phenoxy) is 2. The molecular weight excluding hydrogens is 246 g/mol. The predicted molar refractivity (Wildman–Crippen MR) is 72.7 cm³/mol. The molecule has 0 fully saturated rings. The van der Waals surface area contributed by atoms with Gasteiger partial charge in [0.1, 0.15) is 5.75 Å². The Bertz CT molecular complexity index is 379. The minimum atomic E-state index is -0.907. The fourth-order valence-electron chi connectivity index (χ4n) is 1.91. The van der Waals surface area contributed by atoms with E-state index >= 15 is 0 Å². The number of aliphatic hydroxyl groups excluding tert-OH is 2. The van der Waals surface area contributed by atoms with Gasteiger partial charge in [0, 0.05) is 12.7 Å². The molecule has 19 heavy (non-hydrogen) atoms. The Morgan fingerprint density at radius 3 is 2.37 bits per heavy atom. The highest BCUT2D eigenvalue weighted by atomic mass is 16.5. The molecular formula is C14H22NO4-. The second kappa shape index (κ2) is 7.45. The van der Waals surface area contributed by atoms with Crippen molar-refractivity contribution >= 4 is 0 Å². The quantitative estimate of drug-likeness (QED) is 0.678. The van der Waals surface area contributed by atoms with Crippen molar-refractivity contribution in [3.05, 3.63) is 36.9 Å². The van der Waals surface area contributed by atoms with Crippen LogP contribution in [0, 0.1) is 7.05 Å². The van der Waals surface area contributed by atoms with Gasteiger partial charge < -0.3 is 24.6 Å². The van der Waals surface area contributed by atoms with Crippen molar-refractivity contribution in [3.63, 3.8) is 0 Å². The number of aliphatic hydroxyl groups is 2. The molecule has 0 aliphatic carbocycles. The maximum absolute atomic E-state index is 9.53. The summed E-state index contributed by atoms with van der Waals surface area (Å²) < 4.78 is 10.3. The lowest BCUT2D eigenvalue weighted by molar-refractivity contribution is -0.0420. The summed E-state index contributed by atoms with van der Waals surface area (Å²) in [7, 11) is 7.05. The van der Waals surface area contributed by atoms with Crippen molar-refractivity contribution in [2.45, 2.75) is 12.1 Å². The van der Waals surface area contributed by atoms with Crippen LogP contribution in [0.5, 0.6) is 5.75 Å². The van der Waals surface area contributed by atoms with Gasteiger partial charge in [0.25, 0.3) is 0 Å². The zero-order valence-corrected chi connectivity index (χ0v) is 11.5. The molecule has 1 aromatic carbocycles. The van der Waals surface area contributed by atoms with Crippen LogP contribution in [0.25, 0.3) is 0 Å². The molecule has 0 bridgehead atoms. The molecule has 0 unspecified atom stereocenters. The van der Waals surface area contributed by atoms with Crippen LogP contribution in [0.3, 0.4) is 0 Å². The van der Waals surface area contributed by atoms with Gasteiger partial charge in [-0.15, -0.1) is 0 Å². The minimum absolute atomic E-state index is 0.193. The summed E-state index contributed by atoms with van der Waals surface area (Å²) >= 11 is 0. The Morgan fingerprint density at radius 2 is 1.84 bits per heavy atom. The van der Waals surface area contributed by atoms with Gasteiger partial charge in [0.15, 0.2) is 0 Å². The Hall–Kier alpha value is -1.14. The number of hydrogen-bond acceptors (Lipinski definition) is 5. The summed E-state index contributed by atoms with van der Waals surface area (Å²) in [5, 5.41) is 19.1. The number of methoxy groups -OCH3 is 2. The van der Waals surface area contributed by atoms with Crippen molar-refractivity contribution in [3.8, 4) is 5.75 Å². The number of benzene rings is 1. The highest BCUT2D eigenvalue weighted by Crippen LogP contribution is 2.23. The summed E-state index contributed by atoms with van der Waals surface area (Å²) in [6, 6.07) is 7.57. The molecule has 0 amide bonds. The van der Waals surface area contributed by atoms with E-state index in [9.17, 15) is 10.2 Å². The van der Waals surface area contributed by atoms with E-state index in [1.165, 1.54) is 7.11 Å². The standard InChI is InChI=1S/C14H22NO4/c1-15(14(9-16,10-17)11-18-2)8-12-6-4-5-7-13(12)19-3/h4-7,16-17H,1,8-11H2,2-3H3/q-1. The Kier molecular flexibility index (Phi) is 6.24. The fraction of sp³-hybridized carbons (Fsp3) is 0.500. The summed E-state index contributed by atoms with van der Waals surface area (Å²) in [5.74, 6) is 0.748. The molecule has 0 aliphatic rings. The highest BCUT2D eigenvalue weighted by Gasteiger charge is 2.30. The summed E-state index contributed by atoms with van der Waals surface area (Å²) in [4.78, 5) is 1.63. The van der Waals surface area contributed by atoms with Gasteiger partial charge in [-0.3, -0.25) is 7.05 Å². The second-order valence-electron chi connectivity index (χ2n) is 4.48. The minimum Gasteiger partial charge on any atom is -0.496 e. The molecule has 108 valence electrons. The molecule has 0 spiro atoms. The lowest BCUT2D eigenvalue weighted by Crippen LogP contribution is -2.54. The number of para-hydroxylation sites is 1. The van der Waals surface area contributed by atoms with Crippen LogP contribution in [0.1, 0.15) is 5.56 Å². The average molecular weight is 268 g/mol. The summed E-state index contributed by atoms with van der Waals surface area (Å²) in [6.45, 7) is 0.152. The molecule has 2 N–H and O–H groups in total. The molecule has 5 heteroatoms. The van der Waals surface area contributed by atoms with Gasteiger partial charge in [-0.2, -0.15) is 0 Å². The van der Waals surface area contributed by atoms with Crippen molar-refractivity contribution in [1.82, 2.24) is 4.90 Å². The SMILES string of the molecule is [CH2-]N(Cc1ccccc1OC)C(CO)(CO)COC. The van der Waals surface area contributed by atoms with E-state index in [0.29, 0.717) is 6.54 Å². The van der Waals surface area contributed by atoms with E-state index in [4.69, 9.17) is 9.47 Å². The van der Waals surface area contributed by atoms with Crippen molar-refractivity contribution in [2.75, 3.05) is 34.0 Å². The lowest BCUT2D eigenvalue weighted by atomic mass is 10.00. The van der Waals surface area contributed by atoms with E-state index in [2.05, 4.69) is 7.05 Å². The zero-order valence-electron chi connectivity index (χ0n) is 11.5. The normalized spacial score (nSPS) is 11.9. The Labute approximate surface area is 114 Å².